The second kappa shape index (κ2) is 4.89. The number of thiazole rings is 1. The second-order valence-electron chi connectivity index (χ2n) is 4.07. The van der Waals surface area contributed by atoms with Crippen LogP contribution in [0.15, 0.2) is 11.6 Å². The lowest BCUT2D eigenvalue weighted by Gasteiger charge is -2.18. The van der Waals surface area contributed by atoms with Gasteiger partial charge < -0.3 is 5.11 Å². The van der Waals surface area contributed by atoms with E-state index < -0.39 is 0 Å². The van der Waals surface area contributed by atoms with Crippen LogP contribution in [0.4, 0.5) is 0 Å². The Labute approximate surface area is 89.0 Å². The molecule has 0 aliphatic heterocycles. The lowest BCUT2D eigenvalue weighted by Crippen LogP contribution is -2.11. The predicted molar refractivity (Wildman–Crippen MR) is 58.3 cm³/mol. The third-order valence-corrected chi connectivity index (χ3v) is 3.90. The molecule has 2 nitrogen and oxygen atoms in total. The van der Waals surface area contributed by atoms with E-state index >= 15 is 0 Å². The van der Waals surface area contributed by atoms with Gasteiger partial charge in [0.1, 0.15) is 11.1 Å². The highest BCUT2D eigenvalue weighted by atomic mass is 32.1. The third kappa shape index (κ3) is 2.34. The summed E-state index contributed by atoms with van der Waals surface area (Å²) in [5, 5.41) is 12.9. The molecule has 1 fully saturated rings. The largest absolute Gasteiger partial charge is 0.386 e. The standard InChI is InChI=1S/C11H17NOS/c13-10(11-12-7-8-14-11)9-5-3-1-2-4-6-9/h7-10,13H,1-6H2. The average Bonchev–Trinajstić information content (AvgIpc) is 2.59. The van der Waals surface area contributed by atoms with Crippen molar-refractivity contribution >= 4 is 11.3 Å². The van der Waals surface area contributed by atoms with E-state index in [4.69, 9.17) is 0 Å². The van der Waals surface area contributed by atoms with Gasteiger partial charge in [0, 0.05) is 11.6 Å². The van der Waals surface area contributed by atoms with Crippen LogP contribution < -0.4 is 0 Å². The van der Waals surface area contributed by atoms with E-state index in [1.165, 1.54) is 38.5 Å². The molecule has 1 atom stereocenters. The highest BCUT2D eigenvalue weighted by Crippen LogP contribution is 2.33. The molecular weight excluding hydrogens is 194 g/mol. The first-order valence-corrected chi connectivity index (χ1v) is 6.33. The van der Waals surface area contributed by atoms with Gasteiger partial charge in [-0.3, -0.25) is 0 Å². The zero-order valence-electron chi connectivity index (χ0n) is 8.35. The fourth-order valence-corrected chi connectivity index (χ4v) is 2.92. The lowest BCUT2D eigenvalue weighted by molar-refractivity contribution is 0.0985. The minimum Gasteiger partial charge on any atom is -0.386 e. The van der Waals surface area contributed by atoms with Crippen LogP contribution in [0.3, 0.4) is 0 Å². The maximum absolute atomic E-state index is 10.1. The maximum atomic E-state index is 10.1. The van der Waals surface area contributed by atoms with E-state index in [-0.39, 0.29) is 6.10 Å². The molecule has 1 aromatic heterocycles. The Morgan fingerprint density at radius 2 is 2.00 bits per heavy atom. The molecule has 78 valence electrons. The van der Waals surface area contributed by atoms with Crippen molar-refractivity contribution in [2.75, 3.05) is 0 Å². The molecule has 0 bridgehead atoms. The van der Waals surface area contributed by atoms with Crippen LogP contribution in [0.1, 0.15) is 49.6 Å². The van der Waals surface area contributed by atoms with Crippen LogP contribution in [-0.4, -0.2) is 10.1 Å². The SMILES string of the molecule is OC(c1nccs1)C1CCCCCC1. The van der Waals surface area contributed by atoms with Crippen molar-refractivity contribution in [1.29, 1.82) is 0 Å². The number of aliphatic hydroxyl groups is 1. The van der Waals surface area contributed by atoms with Crippen molar-refractivity contribution in [2.24, 2.45) is 5.92 Å². The molecule has 0 spiro atoms. The summed E-state index contributed by atoms with van der Waals surface area (Å²) < 4.78 is 0. The summed E-state index contributed by atoms with van der Waals surface area (Å²) in [4.78, 5) is 4.19. The summed E-state index contributed by atoms with van der Waals surface area (Å²) in [5.41, 5.74) is 0. The highest BCUT2D eigenvalue weighted by Gasteiger charge is 2.23. The molecule has 1 saturated carbocycles. The molecule has 1 heterocycles. The summed E-state index contributed by atoms with van der Waals surface area (Å²) in [7, 11) is 0. The van der Waals surface area contributed by atoms with Gasteiger partial charge in [-0.05, 0) is 18.8 Å². The Kier molecular flexibility index (Phi) is 3.54. The van der Waals surface area contributed by atoms with E-state index in [1.807, 2.05) is 5.38 Å². The van der Waals surface area contributed by atoms with Gasteiger partial charge in [-0.15, -0.1) is 11.3 Å². The van der Waals surface area contributed by atoms with Gasteiger partial charge in [-0.1, -0.05) is 25.7 Å². The fourth-order valence-electron chi connectivity index (χ4n) is 2.21. The Hall–Kier alpha value is -0.410. The molecular formula is C11H17NOS. The Morgan fingerprint density at radius 3 is 2.57 bits per heavy atom. The van der Waals surface area contributed by atoms with Gasteiger partial charge in [0.15, 0.2) is 0 Å². The minimum atomic E-state index is -0.312. The van der Waals surface area contributed by atoms with E-state index in [0.717, 1.165) is 5.01 Å². The fraction of sp³-hybridized carbons (Fsp3) is 0.727. The van der Waals surface area contributed by atoms with Crippen molar-refractivity contribution < 1.29 is 5.11 Å². The van der Waals surface area contributed by atoms with Crippen molar-refractivity contribution in [1.82, 2.24) is 4.98 Å². The zero-order valence-corrected chi connectivity index (χ0v) is 9.17. The number of nitrogens with zero attached hydrogens (tertiary/aromatic N) is 1. The number of aromatic nitrogens is 1. The maximum Gasteiger partial charge on any atom is 0.121 e. The normalized spacial score (nSPS) is 21.8. The number of hydrogen-bond acceptors (Lipinski definition) is 3. The van der Waals surface area contributed by atoms with E-state index in [0.29, 0.717) is 5.92 Å². The van der Waals surface area contributed by atoms with Gasteiger partial charge in [-0.2, -0.15) is 0 Å². The van der Waals surface area contributed by atoms with Crippen LogP contribution in [0.5, 0.6) is 0 Å². The molecule has 3 heteroatoms. The lowest BCUT2D eigenvalue weighted by atomic mass is 9.94. The number of rotatable bonds is 2. The smallest absolute Gasteiger partial charge is 0.121 e. The molecule has 0 radical (unpaired) electrons. The molecule has 0 aromatic carbocycles. The molecule has 0 amide bonds. The molecule has 14 heavy (non-hydrogen) atoms. The van der Waals surface area contributed by atoms with Crippen LogP contribution in [0.2, 0.25) is 0 Å². The summed E-state index contributed by atoms with van der Waals surface area (Å²) in [6.07, 6.45) is 9.01. The van der Waals surface area contributed by atoms with Crippen molar-refractivity contribution in [3.05, 3.63) is 16.6 Å². The van der Waals surface area contributed by atoms with Crippen molar-refractivity contribution in [3.8, 4) is 0 Å². The topological polar surface area (TPSA) is 33.1 Å². The first-order valence-electron chi connectivity index (χ1n) is 5.45. The summed E-state index contributed by atoms with van der Waals surface area (Å²) in [5.74, 6) is 0.448. The summed E-state index contributed by atoms with van der Waals surface area (Å²) in [6, 6.07) is 0. The Bertz CT molecular complexity index is 252. The molecule has 1 N–H and O–H groups in total. The molecule has 2 rings (SSSR count). The van der Waals surface area contributed by atoms with Crippen LogP contribution in [0.25, 0.3) is 0 Å². The quantitative estimate of drug-likeness (QED) is 0.762. The van der Waals surface area contributed by atoms with E-state index in [1.54, 1.807) is 17.5 Å². The summed E-state index contributed by atoms with van der Waals surface area (Å²) >= 11 is 1.57. The average molecular weight is 211 g/mol. The van der Waals surface area contributed by atoms with Crippen LogP contribution in [-0.2, 0) is 0 Å². The number of aliphatic hydroxyl groups excluding tert-OH is 1. The number of hydrogen-bond donors (Lipinski definition) is 1. The predicted octanol–water partition coefficient (Wildman–Crippen LogP) is 3.15. The van der Waals surface area contributed by atoms with Crippen LogP contribution >= 0.6 is 11.3 Å². The third-order valence-electron chi connectivity index (χ3n) is 3.05. The minimum absolute atomic E-state index is 0.312. The van der Waals surface area contributed by atoms with E-state index in [2.05, 4.69) is 4.98 Å². The van der Waals surface area contributed by atoms with E-state index in [9.17, 15) is 5.11 Å². The molecule has 1 aliphatic carbocycles. The summed E-state index contributed by atoms with van der Waals surface area (Å²) in [6.45, 7) is 0. The molecule has 1 aliphatic rings. The van der Waals surface area contributed by atoms with Gasteiger partial charge in [0.05, 0.1) is 0 Å². The molecule has 0 saturated heterocycles. The Morgan fingerprint density at radius 1 is 1.29 bits per heavy atom. The van der Waals surface area contributed by atoms with Gasteiger partial charge >= 0.3 is 0 Å². The molecule has 1 unspecified atom stereocenters. The monoisotopic (exact) mass is 211 g/mol. The zero-order chi connectivity index (χ0) is 9.80. The van der Waals surface area contributed by atoms with Crippen LogP contribution in [0, 0.1) is 5.92 Å². The molecule has 1 aromatic rings. The van der Waals surface area contributed by atoms with Gasteiger partial charge in [-0.25, -0.2) is 4.98 Å². The first-order chi connectivity index (χ1) is 6.88. The highest BCUT2D eigenvalue weighted by molar-refractivity contribution is 7.09. The van der Waals surface area contributed by atoms with Crippen molar-refractivity contribution in [2.45, 2.75) is 44.6 Å². The second-order valence-corrected chi connectivity index (χ2v) is 4.99. The Balaban J connectivity index is 1.99. The van der Waals surface area contributed by atoms with Crippen molar-refractivity contribution in [3.63, 3.8) is 0 Å². The van der Waals surface area contributed by atoms with Gasteiger partial charge in [0.2, 0.25) is 0 Å². The van der Waals surface area contributed by atoms with Gasteiger partial charge in [0.25, 0.3) is 0 Å². The first kappa shape index (κ1) is 10.1.